The minimum Gasteiger partial charge on any atom is -0.480 e. The quantitative estimate of drug-likeness (QED) is 0.279. The van der Waals surface area contributed by atoms with E-state index in [0.717, 1.165) is 6.07 Å². The summed E-state index contributed by atoms with van der Waals surface area (Å²) in [7, 11) is 0. The molecule has 1 aliphatic carbocycles. The summed E-state index contributed by atoms with van der Waals surface area (Å²) >= 11 is 5.92. The first-order valence-electron chi connectivity index (χ1n) is 12.0. The van der Waals surface area contributed by atoms with E-state index in [0.29, 0.717) is 42.9 Å². The molecular formula is C27H25ClF4N4O3. The summed E-state index contributed by atoms with van der Waals surface area (Å²) in [5, 5.41) is 8.70. The van der Waals surface area contributed by atoms with Crippen molar-refractivity contribution >= 4 is 29.1 Å². The smallest absolute Gasteiger partial charge is 0.429 e. The summed E-state index contributed by atoms with van der Waals surface area (Å²) in [5.74, 6) is -2.81. The number of halogens is 5. The van der Waals surface area contributed by atoms with Crippen LogP contribution in [0.3, 0.4) is 0 Å². The van der Waals surface area contributed by atoms with E-state index in [1.54, 1.807) is 30.3 Å². The third kappa shape index (κ3) is 6.85. The van der Waals surface area contributed by atoms with Crippen LogP contribution in [-0.2, 0) is 4.79 Å². The Balaban J connectivity index is 1.66. The second-order valence-electron chi connectivity index (χ2n) is 9.26. The highest BCUT2D eigenvalue weighted by molar-refractivity contribution is 6.31. The number of ether oxygens (including phenoxy) is 1. The summed E-state index contributed by atoms with van der Waals surface area (Å²) in [5.41, 5.74) is 12.4. The topological polar surface area (TPSA) is 124 Å². The Morgan fingerprint density at radius 1 is 1.18 bits per heavy atom. The first-order valence-corrected chi connectivity index (χ1v) is 12.4. The molecule has 0 spiro atoms. The van der Waals surface area contributed by atoms with E-state index >= 15 is 0 Å². The van der Waals surface area contributed by atoms with Crippen LogP contribution in [0.5, 0.6) is 5.88 Å². The van der Waals surface area contributed by atoms with E-state index in [9.17, 15) is 22.4 Å². The minimum atomic E-state index is -4.95. The Morgan fingerprint density at radius 3 is 2.51 bits per heavy atom. The second-order valence-corrected chi connectivity index (χ2v) is 9.67. The number of hydrogen-bond acceptors (Lipinski definition) is 6. The molecule has 0 saturated heterocycles. The van der Waals surface area contributed by atoms with Crippen LogP contribution in [0.15, 0.2) is 54.6 Å². The number of nitrogens with zero attached hydrogens (tertiary/aromatic N) is 2. The molecule has 5 N–H and O–H groups in total. The van der Waals surface area contributed by atoms with E-state index < -0.39 is 41.6 Å². The standard InChI is InChI=1S/C27H25ClF4N4O3/c28-19-11-17(15-4-2-1-3-5-15)18(12-20(19)29)24(27(30,31)32)39-23-13-22(35-26(34)36-23)16-8-6-14(7-9-16)10-21(33)25(37)38/h1-5,8,11-14,21,24H,6-7,9-10,33H2,(H,37,38)(H2,34,35,36)/t14?,21-,24?/m0/s1. The fraction of sp³-hybridized carbons (Fsp3) is 0.296. The van der Waals surface area contributed by atoms with Gasteiger partial charge in [0.2, 0.25) is 17.9 Å². The Labute approximate surface area is 226 Å². The van der Waals surface area contributed by atoms with Crippen LogP contribution < -0.4 is 16.2 Å². The maximum atomic E-state index is 14.4. The number of rotatable bonds is 8. The molecule has 0 aliphatic heterocycles. The highest BCUT2D eigenvalue weighted by atomic mass is 35.5. The molecule has 0 fully saturated rings. The number of carbonyl (C=O) groups is 1. The van der Waals surface area contributed by atoms with Gasteiger partial charge >= 0.3 is 12.1 Å². The third-order valence-corrected chi connectivity index (χ3v) is 6.76. The molecule has 3 atom stereocenters. The van der Waals surface area contributed by atoms with Gasteiger partial charge in [-0.2, -0.15) is 18.2 Å². The molecule has 4 rings (SSSR count). The highest BCUT2D eigenvalue weighted by Gasteiger charge is 2.45. The number of nitrogens with two attached hydrogens (primary N) is 2. The average molecular weight is 565 g/mol. The number of benzene rings is 2. The summed E-state index contributed by atoms with van der Waals surface area (Å²) in [4.78, 5) is 19.0. The van der Waals surface area contributed by atoms with Crippen LogP contribution in [0.2, 0.25) is 5.02 Å². The van der Waals surface area contributed by atoms with E-state index in [1.807, 2.05) is 6.08 Å². The number of hydrogen-bond donors (Lipinski definition) is 3. The Morgan fingerprint density at radius 2 is 1.90 bits per heavy atom. The molecular weight excluding hydrogens is 540 g/mol. The molecule has 1 aromatic heterocycles. The van der Waals surface area contributed by atoms with Gasteiger partial charge in [-0.15, -0.1) is 0 Å². The molecule has 1 aliphatic rings. The van der Waals surface area contributed by atoms with Crippen molar-refractivity contribution in [1.29, 1.82) is 0 Å². The zero-order chi connectivity index (χ0) is 28.3. The second kappa shape index (κ2) is 11.6. The predicted molar refractivity (Wildman–Crippen MR) is 138 cm³/mol. The van der Waals surface area contributed by atoms with Gasteiger partial charge in [0.1, 0.15) is 11.9 Å². The lowest BCUT2D eigenvalue weighted by molar-refractivity contribution is -0.198. The molecule has 0 amide bonds. The van der Waals surface area contributed by atoms with Crippen LogP contribution in [0, 0.1) is 11.7 Å². The number of aliphatic carboxylic acids is 1. The first-order chi connectivity index (χ1) is 18.4. The Kier molecular flexibility index (Phi) is 8.41. The lowest BCUT2D eigenvalue weighted by Gasteiger charge is -2.25. The molecule has 7 nitrogen and oxygen atoms in total. The molecule has 206 valence electrons. The van der Waals surface area contributed by atoms with Crippen molar-refractivity contribution in [2.75, 3.05) is 5.73 Å². The van der Waals surface area contributed by atoms with Gasteiger partial charge in [0.15, 0.2) is 0 Å². The van der Waals surface area contributed by atoms with Crippen molar-refractivity contribution in [3.8, 4) is 17.0 Å². The molecule has 2 unspecified atom stereocenters. The van der Waals surface area contributed by atoms with E-state index in [4.69, 9.17) is 32.9 Å². The number of aromatic nitrogens is 2. The number of anilines is 1. The monoisotopic (exact) mass is 564 g/mol. The Bertz CT molecular complexity index is 1390. The van der Waals surface area contributed by atoms with E-state index in [-0.39, 0.29) is 28.1 Å². The summed E-state index contributed by atoms with van der Waals surface area (Å²) in [6.07, 6.45) is -3.80. The van der Waals surface area contributed by atoms with Crippen molar-refractivity contribution < 1.29 is 32.2 Å². The molecule has 2 aromatic carbocycles. The maximum absolute atomic E-state index is 14.4. The number of alkyl halides is 3. The van der Waals surface area contributed by atoms with Gasteiger partial charge in [0.05, 0.1) is 10.7 Å². The normalized spacial score (nSPS) is 17.3. The fourth-order valence-electron chi connectivity index (χ4n) is 4.54. The Hall–Kier alpha value is -3.70. The zero-order valence-corrected chi connectivity index (χ0v) is 21.2. The van der Waals surface area contributed by atoms with Gasteiger partial charge in [-0.05, 0) is 60.4 Å². The average Bonchev–Trinajstić information content (AvgIpc) is 2.88. The van der Waals surface area contributed by atoms with Gasteiger partial charge in [-0.25, -0.2) is 9.37 Å². The summed E-state index contributed by atoms with van der Waals surface area (Å²) in [6.45, 7) is 0. The van der Waals surface area contributed by atoms with Crippen molar-refractivity contribution in [3.05, 3.63) is 76.7 Å². The molecule has 12 heteroatoms. The van der Waals surface area contributed by atoms with Crippen molar-refractivity contribution in [2.45, 2.75) is 44.0 Å². The minimum absolute atomic E-state index is 0.0422. The number of carboxylic acids is 1. The van der Waals surface area contributed by atoms with Gasteiger partial charge in [0.25, 0.3) is 0 Å². The number of allylic oxidation sites excluding steroid dienone is 2. The molecule has 0 radical (unpaired) electrons. The fourth-order valence-corrected chi connectivity index (χ4v) is 4.70. The summed E-state index contributed by atoms with van der Waals surface area (Å²) in [6, 6.07) is 10.2. The first kappa shape index (κ1) is 28.3. The van der Waals surface area contributed by atoms with Gasteiger partial charge in [0, 0.05) is 11.6 Å². The van der Waals surface area contributed by atoms with Crippen LogP contribution >= 0.6 is 11.6 Å². The molecule has 39 heavy (non-hydrogen) atoms. The van der Waals surface area contributed by atoms with Crippen LogP contribution in [0.25, 0.3) is 16.7 Å². The molecule has 0 bridgehead atoms. The predicted octanol–water partition coefficient (Wildman–Crippen LogP) is 6.19. The summed E-state index contributed by atoms with van der Waals surface area (Å²) < 4.78 is 62.9. The van der Waals surface area contributed by atoms with Gasteiger partial charge in [-0.1, -0.05) is 48.0 Å². The molecule has 0 saturated carbocycles. The van der Waals surface area contributed by atoms with Crippen molar-refractivity contribution in [3.63, 3.8) is 0 Å². The molecule has 3 aromatic rings. The highest BCUT2D eigenvalue weighted by Crippen LogP contribution is 2.43. The third-order valence-electron chi connectivity index (χ3n) is 6.47. The van der Waals surface area contributed by atoms with Crippen molar-refractivity contribution in [2.24, 2.45) is 11.7 Å². The van der Waals surface area contributed by atoms with Crippen LogP contribution in [0.4, 0.5) is 23.5 Å². The lowest BCUT2D eigenvalue weighted by Crippen LogP contribution is -2.32. The van der Waals surface area contributed by atoms with Crippen molar-refractivity contribution in [1.82, 2.24) is 9.97 Å². The van der Waals surface area contributed by atoms with Gasteiger partial charge < -0.3 is 21.3 Å². The molecule has 1 heterocycles. The number of carboxylic acid groups (broad SMARTS) is 1. The number of nitrogen functional groups attached to an aromatic ring is 1. The van der Waals surface area contributed by atoms with E-state index in [2.05, 4.69) is 9.97 Å². The zero-order valence-electron chi connectivity index (χ0n) is 20.5. The largest absolute Gasteiger partial charge is 0.480 e. The van der Waals surface area contributed by atoms with E-state index in [1.165, 1.54) is 6.07 Å². The van der Waals surface area contributed by atoms with Crippen LogP contribution in [0.1, 0.15) is 43.0 Å². The lowest BCUT2D eigenvalue weighted by atomic mass is 9.84. The maximum Gasteiger partial charge on any atom is 0.429 e. The SMILES string of the molecule is Nc1nc(OC(c2cc(F)c(Cl)cc2-c2ccccc2)C(F)(F)F)cc(C2=CCC(C[C@H](N)C(=O)O)CC2)n1. The van der Waals surface area contributed by atoms with Crippen LogP contribution in [-0.4, -0.2) is 33.3 Å². The van der Waals surface area contributed by atoms with Gasteiger partial charge in [-0.3, -0.25) is 4.79 Å².